The largest absolute Gasteiger partial charge is 0.350 e. The van der Waals surface area contributed by atoms with Crippen molar-refractivity contribution in [2.75, 3.05) is 5.32 Å². The molecule has 28 heavy (non-hydrogen) atoms. The monoisotopic (exact) mass is 409 g/mol. The number of amides is 2. The van der Waals surface area contributed by atoms with Crippen LogP contribution in [0.3, 0.4) is 0 Å². The highest BCUT2D eigenvalue weighted by atomic mass is 35.5. The molecule has 0 aliphatic carbocycles. The molecule has 0 saturated carbocycles. The van der Waals surface area contributed by atoms with Gasteiger partial charge < -0.3 is 5.32 Å². The number of aromatic nitrogens is 1. The van der Waals surface area contributed by atoms with E-state index in [0.29, 0.717) is 16.3 Å². The number of anilines is 1. The Morgan fingerprint density at radius 3 is 2.57 bits per heavy atom. The first-order chi connectivity index (χ1) is 13.6. The first kappa shape index (κ1) is 18.4. The van der Waals surface area contributed by atoms with E-state index in [9.17, 15) is 9.59 Å². The Bertz CT molecular complexity index is 1080. The van der Waals surface area contributed by atoms with Crippen molar-refractivity contribution in [1.29, 1.82) is 0 Å². The number of halogens is 1. The molecule has 1 aromatic carbocycles. The molecule has 3 heterocycles. The van der Waals surface area contributed by atoms with E-state index in [2.05, 4.69) is 10.3 Å². The van der Waals surface area contributed by atoms with Crippen LogP contribution in [0.1, 0.15) is 16.0 Å². The minimum absolute atomic E-state index is 0.189. The third kappa shape index (κ3) is 3.32. The molecule has 0 unspecified atom stereocenters. The lowest BCUT2D eigenvalue weighted by Crippen LogP contribution is -2.32. The third-order valence-corrected chi connectivity index (χ3v) is 5.85. The Morgan fingerprint density at radius 1 is 1.07 bits per heavy atom. The van der Waals surface area contributed by atoms with Crippen molar-refractivity contribution >= 4 is 46.0 Å². The summed E-state index contributed by atoms with van der Waals surface area (Å²) in [5.41, 5.74) is 3.00. The Balaban J connectivity index is 1.74. The van der Waals surface area contributed by atoms with Crippen molar-refractivity contribution in [3.63, 3.8) is 0 Å². The highest BCUT2D eigenvalue weighted by Gasteiger charge is 2.39. The van der Waals surface area contributed by atoms with E-state index in [1.165, 1.54) is 16.2 Å². The number of imide groups is 1. The summed E-state index contributed by atoms with van der Waals surface area (Å²) < 4.78 is 0. The molecule has 1 N–H and O–H groups in total. The Kier molecular flexibility index (Phi) is 4.98. The van der Waals surface area contributed by atoms with Crippen LogP contribution in [-0.2, 0) is 16.1 Å². The van der Waals surface area contributed by atoms with Crippen LogP contribution < -0.4 is 5.32 Å². The molecule has 3 aromatic rings. The predicted molar refractivity (Wildman–Crippen MR) is 111 cm³/mol. The van der Waals surface area contributed by atoms with Crippen molar-refractivity contribution in [3.8, 4) is 0 Å². The summed E-state index contributed by atoms with van der Waals surface area (Å²) in [6, 6.07) is 12.7. The van der Waals surface area contributed by atoms with Gasteiger partial charge in [-0.3, -0.25) is 19.5 Å². The number of carbonyl (C=O) groups excluding carboxylic acids is 2. The molecular weight excluding hydrogens is 394 g/mol. The van der Waals surface area contributed by atoms with Gasteiger partial charge in [-0.2, -0.15) is 0 Å². The highest BCUT2D eigenvalue weighted by Crippen LogP contribution is 2.34. The van der Waals surface area contributed by atoms with Crippen molar-refractivity contribution < 1.29 is 9.59 Å². The van der Waals surface area contributed by atoms with Crippen LogP contribution in [0.4, 0.5) is 5.69 Å². The van der Waals surface area contributed by atoms with Crippen LogP contribution in [-0.4, -0.2) is 21.7 Å². The number of carbonyl (C=O) groups is 2. The van der Waals surface area contributed by atoms with Gasteiger partial charge in [0, 0.05) is 28.0 Å². The summed E-state index contributed by atoms with van der Waals surface area (Å²) >= 11 is 7.64. The van der Waals surface area contributed by atoms with Crippen LogP contribution in [0.15, 0.2) is 65.9 Å². The maximum Gasteiger partial charge on any atom is 0.278 e. The van der Waals surface area contributed by atoms with Crippen molar-refractivity contribution in [1.82, 2.24) is 9.88 Å². The van der Waals surface area contributed by atoms with Gasteiger partial charge in [-0.25, -0.2) is 0 Å². The van der Waals surface area contributed by atoms with Gasteiger partial charge in [0.2, 0.25) is 0 Å². The molecule has 7 heteroatoms. The normalized spacial score (nSPS) is 14.1. The second-order valence-corrected chi connectivity index (χ2v) is 7.67. The lowest BCUT2D eigenvalue weighted by Gasteiger charge is -2.15. The maximum atomic E-state index is 13.2. The summed E-state index contributed by atoms with van der Waals surface area (Å²) in [5.74, 6) is -0.670. The topological polar surface area (TPSA) is 62.3 Å². The zero-order valence-corrected chi connectivity index (χ0v) is 16.6. The second-order valence-electron chi connectivity index (χ2n) is 6.32. The minimum Gasteiger partial charge on any atom is -0.350 e. The average Bonchev–Trinajstić information content (AvgIpc) is 3.29. The quantitative estimate of drug-likeness (QED) is 0.630. The zero-order chi connectivity index (χ0) is 19.7. The number of hydrogen-bond acceptors (Lipinski definition) is 5. The number of pyridine rings is 1. The molecule has 2 aromatic heterocycles. The summed E-state index contributed by atoms with van der Waals surface area (Å²) in [6.45, 7) is 2.06. The molecule has 5 nitrogen and oxygen atoms in total. The number of nitrogens with one attached hydrogen (secondary N) is 1. The summed E-state index contributed by atoms with van der Waals surface area (Å²) in [7, 11) is 0. The summed E-state index contributed by atoms with van der Waals surface area (Å²) in [5, 5.41) is 5.64. The number of thiophene rings is 1. The van der Waals surface area contributed by atoms with E-state index in [-0.39, 0.29) is 24.1 Å². The van der Waals surface area contributed by atoms with E-state index >= 15 is 0 Å². The number of rotatable bonds is 5. The van der Waals surface area contributed by atoms with Gasteiger partial charge in [-0.1, -0.05) is 23.7 Å². The van der Waals surface area contributed by atoms with Gasteiger partial charge in [-0.05, 0) is 53.8 Å². The van der Waals surface area contributed by atoms with Gasteiger partial charge in [0.05, 0.1) is 12.1 Å². The first-order valence-electron chi connectivity index (χ1n) is 8.61. The fraction of sp³-hybridized carbons (Fsp3) is 0.0952. The Labute approximate surface area is 171 Å². The smallest absolute Gasteiger partial charge is 0.278 e. The van der Waals surface area contributed by atoms with Crippen LogP contribution in [0.25, 0.3) is 5.57 Å². The minimum atomic E-state index is -0.357. The van der Waals surface area contributed by atoms with Crippen LogP contribution in [0, 0.1) is 6.92 Å². The molecule has 0 bridgehead atoms. The van der Waals surface area contributed by atoms with Crippen LogP contribution in [0.2, 0.25) is 5.02 Å². The Hall–Kier alpha value is -2.96. The van der Waals surface area contributed by atoms with Gasteiger partial charge in [0.1, 0.15) is 5.70 Å². The third-order valence-electron chi connectivity index (χ3n) is 4.55. The SMILES string of the molecule is Cc1c(Cl)cccc1NC1=C(c2cccs2)C(=O)N(Cc2ccncc2)C1=O. The lowest BCUT2D eigenvalue weighted by molar-refractivity contribution is -0.137. The molecule has 2 amide bonds. The molecule has 0 atom stereocenters. The molecular formula is C21H16ClN3O2S. The van der Waals surface area contributed by atoms with E-state index in [1.807, 2.05) is 30.5 Å². The molecule has 4 rings (SSSR count). The second kappa shape index (κ2) is 7.58. The zero-order valence-electron chi connectivity index (χ0n) is 15.0. The van der Waals surface area contributed by atoms with Crippen LogP contribution >= 0.6 is 22.9 Å². The van der Waals surface area contributed by atoms with E-state index in [1.54, 1.807) is 36.7 Å². The number of hydrogen-bond donors (Lipinski definition) is 1. The van der Waals surface area contributed by atoms with Gasteiger partial charge in [0.15, 0.2) is 0 Å². The van der Waals surface area contributed by atoms with E-state index in [0.717, 1.165) is 16.0 Å². The molecule has 1 aliphatic heterocycles. The average molecular weight is 410 g/mol. The van der Waals surface area contributed by atoms with Crippen LogP contribution in [0.5, 0.6) is 0 Å². The molecule has 0 spiro atoms. The lowest BCUT2D eigenvalue weighted by atomic mass is 10.1. The molecule has 0 radical (unpaired) electrons. The first-order valence-corrected chi connectivity index (χ1v) is 9.87. The van der Waals surface area contributed by atoms with Crippen molar-refractivity contribution in [3.05, 3.63) is 87.0 Å². The molecule has 140 valence electrons. The van der Waals surface area contributed by atoms with E-state index in [4.69, 9.17) is 11.6 Å². The standard InChI is InChI=1S/C21H16ClN3O2S/c1-13-15(22)4-2-5-16(13)24-19-18(17-6-3-11-28-17)20(26)25(21(19)27)12-14-7-9-23-10-8-14/h2-11,24H,12H2,1H3. The predicted octanol–water partition coefficient (Wildman–Crippen LogP) is 4.50. The van der Waals surface area contributed by atoms with Crippen molar-refractivity contribution in [2.45, 2.75) is 13.5 Å². The molecule has 0 saturated heterocycles. The maximum absolute atomic E-state index is 13.2. The summed E-state index contributed by atoms with van der Waals surface area (Å²) in [4.78, 5) is 32.3. The number of nitrogens with zero attached hydrogens (tertiary/aromatic N) is 2. The molecule has 0 fully saturated rings. The van der Waals surface area contributed by atoms with E-state index < -0.39 is 0 Å². The van der Waals surface area contributed by atoms with Gasteiger partial charge in [-0.15, -0.1) is 11.3 Å². The van der Waals surface area contributed by atoms with Gasteiger partial charge >= 0.3 is 0 Å². The fourth-order valence-electron chi connectivity index (χ4n) is 3.03. The molecule has 1 aliphatic rings. The summed E-state index contributed by atoms with van der Waals surface area (Å²) in [6.07, 6.45) is 3.28. The van der Waals surface area contributed by atoms with Gasteiger partial charge in [0.25, 0.3) is 11.8 Å². The Morgan fingerprint density at radius 2 is 1.86 bits per heavy atom. The highest BCUT2D eigenvalue weighted by molar-refractivity contribution is 7.11. The number of benzene rings is 1. The van der Waals surface area contributed by atoms with Crippen molar-refractivity contribution in [2.24, 2.45) is 0 Å². The fourth-order valence-corrected chi connectivity index (χ4v) is 3.98.